The summed E-state index contributed by atoms with van der Waals surface area (Å²) in [4.78, 5) is 14.8. The number of hydrogen-bond donors (Lipinski definition) is 2. The van der Waals surface area contributed by atoms with Crippen LogP contribution in [0.3, 0.4) is 0 Å². The van der Waals surface area contributed by atoms with E-state index < -0.39 is 5.60 Å². The fourth-order valence-corrected chi connectivity index (χ4v) is 4.19. The number of aromatic nitrogens is 2. The number of aliphatic hydroxyl groups is 1. The molecule has 0 unspecified atom stereocenters. The van der Waals surface area contributed by atoms with Gasteiger partial charge < -0.3 is 14.7 Å². The summed E-state index contributed by atoms with van der Waals surface area (Å²) in [6.07, 6.45) is 3.31. The smallest absolute Gasteiger partial charge is 0.411 e. The quantitative estimate of drug-likeness (QED) is 0.600. The molecular formula is C24H27N3O3. The van der Waals surface area contributed by atoms with Crippen molar-refractivity contribution in [3.63, 3.8) is 0 Å². The van der Waals surface area contributed by atoms with Gasteiger partial charge in [-0.25, -0.2) is 4.79 Å². The van der Waals surface area contributed by atoms with Gasteiger partial charge in [-0.2, -0.15) is 5.10 Å². The van der Waals surface area contributed by atoms with E-state index in [0.717, 1.165) is 22.4 Å². The number of H-pyrrole nitrogens is 1. The monoisotopic (exact) mass is 405 g/mol. The zero-order chi connectivity index (χ0) is 21.0. The Hall–Kier alpha value is -3.12. The minimum atomic E-state index is -0.679. The summed E-state index contributed by atoms with van der Waals surface area (Å²) in [5, 5.41) is 16.3. The van der Waals surface area contributed by atoms with Crippen LogP contribution >= 0.6 is 0 Å². The maximum Gasteiger partial charge on any atom is 0.411 e. The van der Waals surface area contributed by atoms with Gasteiger partial charge in [0.05, 0.1) is 11.7 Å². The summed E-state index contributed by atoms with van der Waals surface area (Å²) in [6, 6.07) is 19.8. The number of benzene rings is 2. The highest BCUT2D eigenvalue weighted by molar-refractivity contribution is 5.70. The number of cyclic esters (lactones) is 1. The molecule has 1 aliphatic rings. The standard InChI is InChI=1S/C24H27N3O3/c1-18(19-8-10-20(11-9-19)22-12-15-25-26-22)27-16-14-24(13-5-17-28,30-23(27)29)21-6-3-2-4-7-21/h2-4,6-12,15,18,28H,5,13-14,16-17H2,1H3,(H,25,26)/t18-,24+/m0/s1. The van der Waals surface area contributed by atoms with E-state index in [-0.39, 0.29) is 18.7 Å². The van der Waals surface area contributed by atoms with E-state index in [1.54, 1.807) is 11.1 Å². The van der Waals surface area contributed by atoms with Gasteiger partial charge in [0.15, 0.2) is 0 Å². The molecule has 1 amide bonds. The summed E-state index contributed by atoms with van der Waals surface area (Å²) in [5.41, 5.74) is 3.38. The third-order valence-corrected chi connectivity index (χ3v) is 5.98. The first-order valence-corrected chi connectivity index (χ1v) is 10.4. The van der Waals surface area contributed by atoms with Crippen LogP contribution in [0.1, 0.15) is 43.4 Å². The lowest BCUT2D eigenvalue weighted by atomic mass is 9.84. The second kappa shape index (κ2) is 8.71. The summed E-state index contributed by atoms with van der Waals surface area (Å²) < 4.78 is 6.06. The molecule has 1 saturated heterocycles. The number of nitrogens with one attached hydrogen (secondary N) is 1. The van der Waals surface area contributed by atoms with E-state index in [9.17, 15) is 9.90 Å². The molecule has 156 valence electrons. The minimum Gasteiger partial charge on any atom is -0.438 e. The number of amides is 1. The molecule has 6 nitrogen and oxygen atoms in total. The minimum absolute atomic E-state index is 0.0783. The largest absolute Gasteiger partial charge is 0.438 e. The first kappa shape index (κ1) is 20.2. The van der Waals surface area contributed by atoms with Crippen LogP contribution in [0.4, 0.5) is 4.79 Å². The second-order valence-electron chi connectivity index (χ2n) is 7.77. The molecule has 0 radical (unpaired) electrons. The summed E-state index contributed by atoms with van der Waals surface area (Å²) in [7, 11) is 0. The van der Waals surface area contributed by atoms with Crippen molar-refractivity contribution < 1.29 is 14.6 Å². The molecule has 4 rings (SSSR count). The van der Waals surface area contributed by atoms with E-state index >= 15 is 0 Å². The predicted molar refractivity (Wildman–Crippen MR) is 115 cm³/mol. The maximum atomic E-state index is 13.0. The molecule has 0 aliphatic carbocycles. The zero-order valence-electron chi connectivity index (χ0n) is 17.1. The molecule has 2 aromatic carbocycles. The molecule has 6 heteroatoms. The third kappa shape index (κ3) is 3.96. The lowest BCUT2D eigenvalue weighted by Crippen LogP contribution is -2.48. The van der Waals surface area contributed by atoms with Gasteiger partial charge in [0.2, 0.25) is 0 Å². The number of aliphatic hydroxyl groups excluding tert-OH is 1. The number of ether oxygens (including phenoxy) is 1. The number of hydrogen-bond acceptors (Lipinski definition) is 4. The van der Waals surface area contributed by atoms with E-state index in [4.69, 9.17) is 4.74 Å². The summed E-state index contributed by atoms with van der Waals surface area (Å²) >= 11 is 0. The van der Waals surface area contributed by atoms with Gasteiger partial charge in [0.25, 0.3) is 0 Å². The highest BCUT2D eigenvalue weighted by atomic mass is 16.6. The molecule has 0 bridgehead atoms. The number of carbonyl (C=O) groups is 1. The fourth-order valence-electron chi connectivity index (χ4n) is 4.19. The van der Waals surface area contributed by atoms with Crippen LogP contribution < -0.4 is 0 Å². The Kier molecular flexibility index (Phi) is 5.86. The van der Waals surface area contributed by atoms with Crippen molar-refractivity contribution in [3.8, 4) is 11.3 Å². The van der Waals surface area contributed by atoms with E-state index in [2.05, 4.69) is 10.2 Å². The Morgan fingerprint density at radius 3 is 2.57 bits per heavy atom. The molecule has 2 N–H and O–H groups in total. The molecule has 30 heavy (non-hydrogen) atoms. The van der Waals surface area contributed by atoms with Crippen LogP contribution in [0.5, 0.6) is 0 Å². The first-order chi connectivity index (χ1) is 14.6. The first-order valence-electron chi connectivity index (χ1n) is 10.4. The van der Waals surface area contributed by atoms with Crippen LogP contribution in [0, 0.1) is 0 Å². The molecule has 2 atom stereocenters. The zero-order valence-corrected chi connectivity index (χ0v) is 17.1. The molecule has 0 saturated carbocycles. The molecule has 0 spiro atoms. The third-order valence-electron chi connectivity index (χ3n) is 5.98. The predicted octanol–water partition coefficient (Wildman–Crippen LogP) is 4.65. The average molecular weight is 405 g/mol. The van der Waals surface area contributed by atoms with E-state index in [1.165, 1.54) is 0 Å². The van der Waals surface area contributed by atoms with Gasteiger partial charge >= 0.3 is 6.09 Å². The maximum absolute atomic E-state index is 13.0. The van der Waals surface area contributed by atoms with Crippen LogP contribution in [0.25, 0.3) is 11.3 Å². The SMILES string of the molecule is C[C@@H](c1ccc(-c2ccn[nH]2)cc1)N1CC[C@](CCCO)(c2ccccc2)OC1=O. The number of nitrogens with zero attached hydrogens (tertiary/aromatic N) is 2. The van der Waals surface area contributed by atoms with Crippen molar-refractivity contribution >= 4 is 6.09 Å². The number of rotatable bonds is 7. The van der Waals surface area contributed by atoms with Crippen molar-refractivity contribution in [1.82, 2.24) is 15.1 Å². The Morgan fingerprint density at radius 1 is 1.17 bits per heavy atom. The molecule has 1 fully saturated rings. The summed E-state index contributed by atoms with van der Waals surface area (Å²) in [5.74, 6) is 0. The van der Waals surface area contributed by atoms with Gasteiger partial charge in [-0.15, -0.1) is 0 Å². The Morgan fingerprint density at radius 2 is 1.93 bits per heavy atom. The molecule has 1 aliphatic heterocycles. The summed E-state index contributed by atoms with van der Waals surface area (Å²) in [6.45, 7) is 2.70. The topological polar surface area (TPSA) is 78.5 Å². The van der Waals surface area contributed by atoms with Crippen LogP contribution in [0.2, 0.25) is 0 Å². The molecule has 1 aromatic heterocycles. The highest BCUT2D eigenvalue weighted by Gasteiger charge is 2.43. The van der Waals surface area contributed by atoms with Gasteiger partial charge in [-0.3, -0.25) is 5.10 Å². The average Bonchev–Trinajstić information content (AvgIpc) is 3.33. The van der Waals surface area contributed by atoms with Crippen molar-refractivity contribution in [2.75, 3.05) is 13.2 Å². The number of aromatic amines is 1. The Balaban J connectivity index is 1.51. The van der Waals surface area contributed by atoms with E-state index in [1.807, 2.05) is 67.6 Å². The van der Waals surface area contributed by atoms with Gasteiger partial charge in [0.1, 0.15) is 5.60 Å². The normalized spacial score (nSPS) is 20.1. The lowest BCUT2D eigenvalue weighted by Gasteiger charge is -2.43. The van der Waals surface area contributed by atoms with Gasteiger partial charge in [-0.1, -0.05) is 54.6 Å². The van der Waals surface area contributed by atoms with Crippen LogP contribution in [0.15, 0.2) is 66.9 Å². The van der Waals surface area contributed by atoms with Crippen LogP contribution in [-0.4, -0.2) is 39.4 Å². The lowest BCUT2D eigenvalue weighted by molar-refractivity contribution is -0.0680. The van der Waals surface area contributed by atoms with Crippen molar-refractivity contribution in [2.45, 2.75) is 37.8 Å². The van der Waals surface area contributed by atoms with Crippen molar-refractivity contribution in [3.05, 3.63) is 78.0 Å². The molecule has 3 aromatic rings. The van der Waals surface area contributed by atoms with Crippen LogP contribution in [-0.2, 0) is 10.3 Å². The van der Waals surface area contributed by atoms with Crippen molar-refractivity contribution in [1.29, 1.82) is 0 Å². The molecular weight excluding hydrogens is 378 g/mol. The highest BCUT2D eigenvalue weighted by Crippen LogP contribution is 2.40. The Bertz CT molecular complexity index is 957. The Labute approximate surface area is 176 Å². The second-order valence-corrected chi connectivity index (χ2v) is 7.77. The van der Waals surface area contributed by atoms with Gasteiger partial charge in [-0.05, 0) is 42.5 Å². The molecule has 2 heterocycles. The van der Waals surface area contributed by atoms with E-state index in [0.29, 0.717) is 25.8 Å². The fraction of sp³-hybridized carbons (Fsp3) is 0.333. The number of carbonyl (C=O) groups excluding carboxylic acids is 1. The van der Waals surface area contributed by atoms with Crippen molar-refractivity contribution in [2.24, 2.45) is 0 Å². The van der Waals surface area contributed by atoms with Gasteiger partial charge in [0, 0.05) is 25.8 Å².